The lowest BCUT2D eigenvalue weighted by molar-refractivity contribution is 0.568. The second kappa shape index (κ2) is 8.73. The van der Waals surface area contributed by atoms with E-state index in [-0.39, 0.29) is 16.2 Å². The molecule has 37 heavy (non-hydrogen) atoms. The van der Waals surface area contributed by atoms with Gasteiger partial charge in [0, 0.05) is 0 Å². The van der Waals surface area contributed by atoms with E-state index in [1.807, 2.05) is 0 Å². The van der Waals surface area contributed by atoms with E-state index in [1.54, 1.807) is 0 Å². The van der Waals surface area contributed by atoms with Gasteiger partial charge in [0.2, 0.25) is 0 Å². The molecule has 5 rings (SSSR count). The number of hydrogen-bond acceptors (Lipinski definition) is 0. The molecule has 0 heteroatoms. The van der Waals surface area contributed by atoms with E-state index in [9.17, 15) is 0 Å². The molecule has 0 nitrogen and oxygen atoms in total. The van der Waals surface area contributed by atoms with E-state index in [0.717, 1.165) is 6.42 Å². The van der Waals surface area contributed by atoms with Crippen molar-refractivity contribution >= 4 is 0 Å². The summed E-state index contributed by atoms with van der Waals surface area (Å²) in [6.07, 6.45) is 1.02. The molecule has 0 unspecified atom stereocenters. The van der Waals surface area contributed by atoms with Crippen LogP contribution in [0.2, 0.25) is 0 Å². The zero-order valence-electron chi connectivity index (χ0n) is 24.2. The molecule has 0 fully saturated rings. The minimum absolute atomic E-state index is 0.0214. The number of rotatable bonds is 2. The van der Waals surface area contributed by atoms with E-state index >= 15 is 0 Å². The smallest absolute Gasteiger partial charge is 0.00132 e. The predicted molar refractivity (Wildman–Crippen MR) is 162 cm³/mol. The van der Waals surface area contributed by atoms with Crippen molar-refractivity contribution in [2.24, 2.45) is 0 Å². The molecule has 0 saturated heterocycles. The molecule has 1 aliphatic carbocycles. The first kappa shape index (κ1) is 25.5. The Morgan fingerprint density at radius 1 is 0.459 bits per heavy atom. The summed E-state index contributed by atoms with van der Waals surface area (Å²) < 4.78 is 0. The lowest BCUT2D eigenvalue weighted by atomic mass is 9.74. The molecule has 0 spiro atoms. The molecule has 4 aromatic rings. The zero-order chi connectivity index (χ0) is 26.8. The number of benzene rings is 4. The van der Waals surface area contributed by atoms with Gasteiger partial charge in [0.05, 0.1) is 0 Å². The summed E-state index contributed by atoms with van der Waals surface area (Å²) in [4.78, 5) is 0. The average molecular weight is 487 g/mol. The molecule has 0 aliphatic heterocycles. The maximum Gasteiger partial charge on any atom is -0.00132 e. The van der Waals surface area contributed by atoms with Crippen LogP contribution in [-0.4, -0.2) is 0 Å². The molecule has 0 heterocycles. The van der Waals surface area contributed by atoms with Gasteiger partial charge in [0.25, 0.3) is 0 Å². The highest BCUT2D eigenvalue weighted by atomic mass is 14.3. The second-order valence-corrected chi connectivity index (χ2v) is 14.0. The largest absolute Gasteiger partial charge is 0.0619 e. The van der Waals surface area contributed by atoms with Crippen molar-refractivity contribution in [3.05, 3.63) is 107 Å². The van der Waals surface area contributed by atoms with Gasteiger partial charge in [-0.15, -0.1) is 0 Å². The molecule has 0 atom stereocenters. The minimum atomic E-state index is -0.0214. The molecule has 0 saturated carbocycles. The van der Waals surface area contributed by atoms with Crippen molar-refractivity contribution in [1.29, 1.82) is 0 Å². The van der Waals surface area contributed by atoms with Gasteiger partial charge < -0.3 is 0 Å². The summed E-state index contributed by atoms with van der Waals surface area (Å²) in [5.74, 6) is 0. The van der Waals surface area contributed by atoms with Crippen molar-refractivity contribution in [3.8, 4) is 33.4 Å². The van der Waals surface area contributed by atoms with Crippen molar-refractivity contribution in [1.82, 2.24) is 0 Å². The Morgan fingerprint density at radius 3 is 1.59 bits per heavy atom. The minimum Gasteiger partial charge on any atom is -0.0619 e. The fourth-order valence-corrected chi connectivity index (χ4v) is 5.89. The van der Waals surface area contributed by atoms with Crippen molar-refractivity contribution in [2.75, 3.05) is 0 Å². The van der Waals surface area contributed by atoms with Gasteiger partial charge in [-0.1, -0.05) is 141 Å². The van der Waals surface area contributed by atoms with Crippen molar-refractivity contribution < 1.29 is 0 Å². The Kier molecular flexibility index (Phi) is 6.02. The summed E-state index contributed by atoms with van der Waals surface area (Å²) >= 11 is 0. The van der Waals surface area contributed by atoms with Crippen molar-refractivity contribution in [2.45, 2.75) is 85.0 Å². The van der Waals surface area contributed by atoms with E-state index in [0.29, 0.717) is 0 Å². The van der Waals surface area contributed by atoms with E-state index < -0.39 is 0 Å². The summed E-state index contributed by atoms with van der Waals surface area (Å²) in [6, 6.07) is 30.1. The summed E-state index contributed by atoms with van der Waals surface area (Å²) in [6.45, 7) is 21.0. The lowest BCUT2D eigenvalue weighted by Gasteiger charge is -2.30. The first-order valence-electron chi connectivity index (χ1n) is 13.8. The summed E-state index contributed by atoms with van der Waals surface area (Å²) in [7, 11) is 0. The van der Waals surface area contributed by atoms with Crippen LogP contribution < -0.4 is 0 Å². The van der Waals surface area contributed by atoms with Crippen LogP contribution >= 0.6 is 0 Å². The molecule has 4 aromatic carbocycles. The van der Waals surface area contributed by atoms with E-state index in [4.69, 9.17) is 0 Å². The predicted octanol–water partition coefficient (Wildman–Crippen LogP) is 10.5. The zero-order valence-corrected chi connectivity index (χ0v) is 24.2. The molecular formula is C37H42. The van der Waals surface area contributed by atoms with Crippen LogP contribution in [0.15, 0.2) is 78.9 Å². The van der Waals surface area contributed by atoms with Crippen LogP contribution in [-0.2, 0) is 22.7 Å². The average Bonchev–Trinajstić information content (AvgIpc) is 3.20. The first-order valence-corrected chi connectivity index (χ1v) is 13.8. The second-order valence-electron chi connectivity index (χ2n) is 14.0. The molecule has 1 aliphatic rings. The summed E-state index contributed by atoms with van der Waals surface area (Å²) in [5.41, 5.74) is 15.5. The highest BCUT2D eigenvalue weighted by Crippen LogP contribution is 2.48. The van der Waals surface area contributed by atoms with Crippen LogP contribution in [0.25, 0.3) is 33.4 Å². The molecule has 0 radical (unpaired) electrons. The quantitative estimate of drug-likeness (QED) is 0.233. The van der Waals surface area contributed by atoms with Crippen LogP contribution in [0.4, 0.5) is 0 Å². The van der Waals surface area contributed by atoms with E-state index in [2.05, 4.69) is 141 Å². The highest BCUT2D eigenvalue weighted by Gasteiger charge is 2.29. The van der Waals surface area contributed by atoms with Crippen LogP contribution in [0, 0.1) is 0 Å². The van der Waals surface area contributed by atoms with Gasteiger partial charge in [-0.2, -0.15) is 0 Å². The summed E-state index contributed by atoms with van der Waals surface area (Å²) in [5, 5.41) is 0. The third-order valence-electron chi connectivity index (χ3n) is 7.90. The maximum atomic E-state index is 2.44. The molecule has 190 valence electrons. The number of fused-ring (bicyclic) bond motifs is 3. The fourth-order valence-electron chi connectivity index (χ4n) is 5.89. The lowest BCUT2D eigenvalue weighted by Crippen LogP contribution is -2.18. The highest BCUT2D eigenvalue weighted by molar-refractivity contribution is 5.93. The SMILES string of the molecule is CC(C)(C)c1cc(-c2cccc(-c3cccc4c3-c3ccccc3C4)c2C(C)(C)C)cc(C(C)(C)C)c1. The third-order valence-corrected chi connectivity index (χ3v) is 7.90. The van der Waals surface area contributed by atoms with Crippen LogP contribution in [0.3, 0.4) is 0 Å². The maximum absolute atomic E-state index is 2.44. The molecule has 0 N–H and O–H groups in total. The van der Waals surface area contributed by atoms with Crippen LogP contribution in [0.1, 0.15) is 90.1 Å². The van der Waals surface area contributed by atoms with Gasteiger partial charge >= 0.3 is 0 Å². The van der Waals surface area contributed by atoms with Gasteiger partial charge in [0.15, 0.2) is 0 Å². The molecule has 0 bridgehead atoms. The standard InChI is InChI=1S/C37H42/c1-35(2,3)27-21-26(22-28(23-27)36(4,5)6)30-17-13-19-32(34(30)37(7,8)9)31-18-12-15-25-20-24-14-10-11-16-29(24)33(25)31/h10-19,21-23H,20H2,1-9H3. The Labute approximate surface area is 224 Å². The van der Waals surface area contributed by atoms with Crippen molar-refractivity contribution in [3.63, 3.8) is 0 Å². The van der Waals surface area contributed by atoms with Gasteiger partial charge in [0.1, 0.15) is 0 Å². The van der Waals surface area contributed by atoms with Gasteiger partial charge in [-0.25, -0.2) is 0 Å². The Balaban J connectivity index is 1.81. The molecular weight excluding hydrogens is 444 g/mol. The first-order chi connectivity index (χ1) is 17.2. The Hall–Kier alpha value is -3.12. The van der Waals surface area contributed by atoms with Gasteiger partial charge in [-0.3, -0.25) is 0 Å². The molecule has 0 aromatic heterocycles. The molecule has 0 amide bonds. The fraction of sp³-hybridized carbons (Fsp3) is 0.351. The Bertz CT molecular complexity index is 1440. The van der Waals surface area contributed by atoms with Crippen LogP contribution in [0.5, 0.6) is 0 Å². The topological polar surface area (TPSA) is 0 Å². The third kappa shape index (κ3) is 4.68. The van der Waals surface area contributed by atoms with E-state index in [1.165, 1.54) is 61.2 Å². The normalized spacial score (nSPS) is 13.4. The van der Waals surface area contributed by atoms with Gasteiger partial charge in [-0.05, 0) is 83.9 Å². The monoisotopic (exact) mass is 486 g/mol. The number of hydrogen-bond donors (Lipinski definition) is 0. The Morgan fingerprint density at radius 2 is 0.973 bits per heavy atom.